The van der Waals surface area contributed by atoms with Gasteiger partial charge in [0.05, 0.1) is 21.2 Å². The van der Waals surface area contributed by atoms with Crippen LogP contribution in [0.15, 0.2) is 42.5 Å². The minimum atomic E-state index is -5.03. The molecule has 0 saturated heterocycles. The molecule has 0 aliphatic heterocycles. The number of nitrogens with one attached hydrogen (secondary N) is 1. The van der Waals surface area contributed by atoms with Crippen molar-refractivity contribution in [2.24, 2.45) is 0 Å². The number of rotatable bonds is 5. The molecule has 32 heavy (non-hydrogen) atoms. The van der Waals surface area contributed by atoms with Crippen molar-refractivity contribution in [2.75, 3.05) is 0 Å². The van der Waals surface area contributed by atoms with E-state index in [-0.39, 0.29) is 22.2 Å². The lowest BCUT2D eigenvalue weighted by molar-refractivity contribution is -0.140. The van der Waals surface area contributed by atoms with E-state index in [9.17, 15) is 35.5 Å². The van der Waals surface area contributed by atoms with Gasteiger partial charge in [0.25, 0.3) is 5.91 Å². The van der Waals surface area contributed by atoms with E-state index in [1.54, 1.807) is 0 Å². The van der Waals surface area contributed by atoms with Crippen molar-refractivity contribution >= 4 is 34.9 Å². The summed E-state index contributed by atoms with van der Waals surface area (Å²) in [6.07, 6.45) is -8.57. The number of hydrogen-bond donors (Lipinski definition) is 1. The number of amides is 1. The Hall–Kier alpha value is -2.26. The van der Waals surface area contributed by atoms with E-state index in [1.165, 1.54) is 0 Å². The molecule has 1 atom stereocenters. The number of benzene rings is 2. The van der Waals surface area contributed by atoms with E-state index in [4.69, 9.17) is 23.2 Å². The van der Waals surface area contributed by atoms with Gasteiger partial charge in [-0.2, -0.15) is 26.3 Å². The van der Waals surface area contributed by atoms with Gasteiger partial charge >= 0.3 is 12.4 Å². The van der Waals surface area contributed by atoms with Crippen molar-refractivity contribution in [1.82, 2.24) is 5.32 Å². The van der Waals surface area contributed by atoms with Gasteiger partial charge in [0.1, 0.15) is 11.7 Å². The summed E-state index contributed by atoms with van der Waals surface area (Å²) in [5.74, 6) is -5.03. The predicted molar refractivity (Wildman–Crippen MR) is 106 cm³/mol. The summed E-state index contributed by atoms with van der Waals surface area (Å²) >= 11 is 11.4. The molecule has 11 heteroatoms. The Balaban J connectivity index is 2.02. The third-order valence-corrected chi connectivity index (χ3v) is 5.47. The molecular weight excluding hydrogens is 486 g/mol. The third-order valence-electron chi connectivity index (χ3n) is 4.73. The topological polar surface area (TPSA) is 29.1 Å². The molecule has 0 bridgehead atoms. The van der Waals surface area contributed by atoms with Gasteiger partial charge in [0.15, 0.2) is 0 Å². The van der Waals surface area contributed by atoms with Crippen molar-refractivity contribution in [1.29, 1.82) is 0 Å². The SMILES string of the molecule is O=C(NC1CC1)c1ccc(C(F)=CC(c2ccc(Cl)c(Cl)c2)C(F)(F)F)cc1C(F)(F)F. The fourth-order valence-corrected chi connectivity index (χ4v) is 3.25. The van der Waals surface area contributed by atoms with E-state index >= 15 is 0 Å². The van der Waals surface area contributed by atoms with Gasteiger partial charge in [-0.25, -0.2) is 4.39 Å². The Labute approximate surface area is 188 Å². The van der Waals surface area contributed by atoms with Gasteiger partial charge in [0, 0.05) is 11.6 Å². The highest BCUT2D eigenvalue weighted by Gasteiger charge is 2.41. The number of allylic oxidation sites excluding steroid dienone is 1. The number of carbonyl (C=O) groups excluding carboxylic acids is 1. The predicted octanol–water partition coefficient (Wildman–Crippen LogP) is 7.56. The lowest BCUT2D eigenvalue weighted by Gasteiger charge is -2.19. The van der Waals surface area contributed by atoms with Crippen molar-refractivity contribution in [2.45, 2.75) is 37.2 Å². The molecule has 1 aliphatic carbocycles. The number of alkyl halides is 6. The van der Waals surface area contributed by atoms with Crippen molar-refractivity contribution in [3.8, 4) is 0 Å². The van der Waals surface area contributed by atoms with Gasteiger partial charge in [-0.15, -0.1) is 0 Å². The van der Waals surface area contributed by atoms with Crippen LogP contribution in [0.1, 0.15) is 45.8 Å². The van der Waals surface area contributed by atoms with Crippen molar-refractivity contribution in [3.05, 3.63) is 74.8 Å². The average molecular weight is 500 g/mol. The van der Waals surface area contributed by atoms with Gasteiger partial charge in [-0.1, -0.05) is 35.3 Å². The highest BCUT2D eigenvalue weighted by Crippen LogP contribution is 2.41. The van der Waals surface area contributed by atoms with E-state index < -0.39 is 52.3 Å². The Morgan fingerprint density at radius 3 is 2.19 bits per heavy atom. The zero-order valence-electron chi connectivity index (χ0n) is 15.9. The zero-order valence-corrected chi connectivity index (χ0v) is 17.4. The van der Waals surface area contributed by atoms with Crippen LogP contribution in [0.3, 0.4) is 0 Å². The molecule has 2 aromatic carbocycles. The molecule has 0 radical (unpaired) electrons. The van der Waals surface area contributed by atoms with Gasteiger partial charge in [-0.05, 0) is 48.7 Å². The van der Waals surface area contributed by atoms with E-state index in [0.29, 0.717) is 18.9 Å². The highest BCUT2D eigenvalue weighted by atomic mass is 35.5. The second kappa shape index (κ2) is 8.94. The summed E-state index contributed by atoms with van der Waals surface area (Å²) in [6.45, 7) is 0. The minimum Gasteiger partial charge on any atom is -0.349 e. The van der Waals surface area contributed by atoms with Crippen LogP contribution in [-0.4, -0.2) is 18.1 Å². The van der Waals surface area contributed by atoms with Crippen LogP contribution in [0.4, 0.5) is 30.7 Å². The summed E-state index contributed by atoms with van der Waals surface area (Å²) in [7, 11) is 0. The highest BCUT2D eigenvalue weighted by molar-refractivity contribution is 6.42. The summed E-state index contributed by atoms with van der Waals surface area (Å²) in [5.41, 5.74) is -3.39. The lowest BCUT2D eigenvalue weighted by Crippen LogP contribution is -2.28. The lowest BCUT2D eigenvalue weighted by atomic mass is 9.95. The number of halogens is 9. The fourth-order valence-electron chi connectivity index (χ4n) is 2.94. The van der Waals surface area contributed by atoms with Crippen LogP contribution in [0.2, 0.25) is 10.0 Å². The van der Waals surface area contributed by atoms with E-state index in [1.807, 2.05) is 0 Å². The fraction of sp³-hybridized carbons (Fsp3) is 0.286. The smallest absolute Gasteiger partial charge is 0.349 e. The summed E-state index contributed by atoms with van der Waals surface area (Å²) in [4.78, 5) is 12.1. The van der Waals surface area contributed by atoms with E-state index in [0.717, 1.165) is 30.3 Å². The minimum absolute atomic E-state index is 0.0179. The molecule has 1 saturated carbocycles. The standard InChI is InChI=1S/C21H14Cl2F7NO/c22-16-6-2-10(8-17(16)23)14(20(25,26)27)9-18(24)11-1-5-13(15(7-11)21(28,29)30)19(32)31-12-3-4-12/h1-2,5-9,12,14H,3-4H2,(H,31,32). The Bertz CT molecular complexity index is 1060. The molecule has 1 fully saturated rings. The first kappa shape index (κ1) is 24.4. The molecule has 1 aliphatic rings. The first-order valence-corrected chi connectivity index (χ1v) is 9.94. The normalized spacial score (nSPS) is 16.1. The maximum absolute atomic E-state index is 14.7. The summed E-state index contributed by atoms with van der Waals surface area (Å²) < 4.78 is 95.8. The molecule has 0 aromatic heterocycles. The molecule has 0 heterocycles. The molecule has 2 nitrogen and oxygen atoms in total. The van der Waals surface area contributed by atoms with Crippen LogP contribution in [0.5, 0.6) is 0 Å². The number of carbonyl (C=O) groups is 1. The van der Waals surface area contributed by atoms with Crippen LogP contribution >= 0.6 is 23.2 Å². The number of hydrogen-bond acceptors (Lipinski definition) is 1. The Morgan fingerprint density at radius 1 is 1.00 bits per heavy atom. The molecule has 3 rings (SSSR count). The molecule has 1 amide bonds. The quantitative estimate of drug-likeness (QED) is 0.422. The molecular formula is C21H14Cl2F7NO. The zero-order chi connectivity index (χ0) is 23.8. The molecule has 1 unspecified atom stereocenters. The second-order valence-electron chi connectivity index (χ2n) is 7.21. The van der Waals surface area contributed by atoms with Gasteiger partial charge in [-0.3, -0.25) is 4.79 Å². The van der Waals surface area contributed by atoms with Gasteiger partial charge in [0.2, 0.25) is 0 Å². The van der Waals surface area contributed by atoms with Crippen molar-refractivity contribution in [3.63, 3.8) is 0 Å². The molecule has 2 aromatic rings. The average Bonchev–Trinajstić information content (AvgIpc) is 3.50. The van der Waals surface area contributed by atoms with Crippen LogP contribution in [-0.2, 0) is 6.18 Å². The Morgan fingerprint density at radius 2 is 1.66 bits per heavy atom. The maximum atomic E-state index is 14.7. The maximum Gasteiger partial charge on any atom is 0.417 e. The first-order chi connectivity index (χ1) is 14.8. The molecule has 172 valence electrons. The first-order valence-electron chi connectivity index (χ1n) is 9.19. The van der Waals surface area contributed by atoms with Crippen molar-refractivity contribution < 1.29 is 35.5 Å². The van der Waals surface area contributed by atoms with Crippen LogP contribution in [0, 0.1) is 0 Å². The van der Waals surface area contributed by atoms with E-state index in [2.05, 4.69) is 5.32 Å². The summed E-state index contributed by atoms with van der Waals surface area (Å²) in [5, 5.41) is 2.18. The molecule has 0 spiro atoms. The monoisotopic (exact) mass is 499 g/mol. The molecule has 1 N–H and O–H groups in total. The van der Waals surface area contributed by atoms with Crippen LogP contribution in [0.25, 0.3) is 5.83 Å². The Kier molecular flexibility index (Phi) is 6.81. The van der Waals surface area contributed by atoms with Crippen LogP contribution < -0.4 is 5.32 Å². The second-order valence-corrected chi connectivity index (χ2v) is 8.03. The summed E-state index contributed by atoms with van der Waals surface area (Å²) in [6, 6.07) is 4.64. The largest absolute Gasteiger partial charge is 0.417 e. The third kappa shape index (κ3) is 5.75. The van der Waals surface area contributed by atoms with Gasteiger partial charge < -0.3 is 5.32 Å².